The van der Waals surface area contributed by atoms with Gasteiger partial charge in [-0.25, -0.2) is 0 Å². The van der Waals surface area contributed by atoms with Crippen molar-refractivity contribution < 1.29 is 4.79 Å². The van der Waals surface area contributed by atoms with Gasteiger partial charge in [0.2, 0.25) is 5.91 Å². The molecule has 1 unspecified atom stereocenters. The number of likely N-dealkylation sites (N-methyl/N-ethyl adjacent to an activating group) is 1. The topological polar surface area (TPSA) is 35.6 Å². The first-order valence-corrected chi connectivity index (χ1v) is 7.49. The molecule has 2 atom stereocenters. The third-order valence-electron chi connectivity index (χ3n) is 4.45. The highest BCUT2D eigenvalue weighted by atomic mass is 35.5. The van der Waals surface area contributed by atoms with E-state index in [-0.39, 0.29) is 30.7 Å². The van der Waals surface area contributed by atoms with Crippen molar-refractivity contribution in [3.8, 4) is 0 Å². The summed E-state index contributed by atoms with van der Waals surface area (Å²) in [5.74, 6) is 0.617. The molecule has 0 saturated carbocycles. The molecule has 0 bridgehead atoms. The van der Waals surface area contributed by atoms with E-state index in [0.717, 1.165) is 58.5 Å². The number of hydrogen-bond donors (Lipinski definition) is 1. The molecule has 0 aliphatic carbocycles. The van der Waals surface area contributed by atoms with Gasteiger partial charge in [0.25, 0.3) is 0 Å². The summed E-state index contributed by atoms with van der Waals surface area (Å²) >= 11 is 0. The van der Waals surface area contributed by atoms with E-state index in [1.54, 1.807) is 0 Å². The summed E-state index contributed by atoms with van der Waals surface area (Å²) in [6, 6.07) is 0.584. The molecule has 0 aromatic carbocycles. The summed E-state index contributed by atoms with van der Waals surface area (Å²) in [5.41, 5.74) is 0. The Labute approximate surface area is 135 Å². The highest BCUT2D eigenvalue weighted by molar-refractivity contribution is 5.85. The van der Waals surface area contributed by atoms with E-state index in [0.29, 0.717) is 11.9 Å². The Kier molecular flexibility index (Phi) is 9.81. The van der Waals surface area contributed by atoms with Crippen LogP contribution in [0.1, 0.15) is 33.1 Å². The van der Waals surface area contributed by atoms with Gasteiger partial charge < -0.3 is 10.2 Å². The summed E-state index contributed by atoms with van der Waals surface area (Å²) < 4.78 is 0. The van der Waals surface area contributed by atoms with E-state index in [4.69, 9.17) is 0 Å². The first kappa shape index (κ1) is 20.0. The Bertz CT molecular complexity index is 282. The Morgan fingerprint density at radius 1 is 1.25 bits per heavy atom. The van der Waals surface area contributed by atoms with Crippen LogP contribution < -0.4 is 5.32 Å². The highest BCUT2D eigenvalue weighted by Gasteiger charge is 2.32. The minimum atomic E-state index is 0. The summed E-state index contributed by atoms with van der Waals surface area (Å²) in [4.78, 5) is 17.0. The smallest absolute Gasteiger partial charge is 0.227 e. The van der Waals surface area contributed by atoms with Gasteiger partial charge >= 0.3 is 0 Å². The minimum Gasteiger partial charge on any atom is -0.341 e. The molecule has 120 valence electrons. The second-order valence-electron chi connectivity index (χ2n) is 5.49. The van der Waals surface area contributed by atoms with Gasteiger partial charge in [0, 0.05) is 25.7 Å². The molecular weight excluding hydrogens is 297 g/mol. The van der Waals surface area contributed by atoms with Gasteiger partial charge in [0.05, 0.1) is 5.92 Å². The van der Waals surface area contributed by atoms with Crippen molar-refractivity contribution in [1.82, 2.24) is 15.1 Å². The van der Waals surface area contributed by atoms with Gasteiger partial charge in [0.15, 0.2) is 0 Å². The van der Waals surface area contributed by atoms with Crippen LogP contribution in [0.4, 0.5) is 0 Å². The van der Waals surface area contributed by atoms with E-state index in [2.05, 4.69) is 29.0 Å². The molecule has 0 spiro atoms. The zero-order valence-electron chi connectivity index (χ0n) is 12.6. The normalized spacial score (nSPS) is 26.1. The fourth-order valence-corrected chi connectivity index (χ4v) is 3.30. The van der Waals surface area contributed by atoms with Gasteiger partial charge in [-0.2, -0.15) is 0 Å². The first-order valence-electron chi connectivity index (χ1n) is 7.49. The molecule has 2 aliphatic rings. The van der Waals surface area contributed by atoms with Crippen LogP contribution >= 0.6 is 24.8 Å². The second kappa shape index (κ2) is 9.82. The molecule has 4 nitrogen and oxygen atoms in total. The molecule has 2 heterocycles. The average molecular weight is 326 g/mol. The largest absolute Gasteiger partial charge is 0.341 e. The van der Waals surface area contributed by atoms with Crippen molar-refractivity contribution in [3.63, 3.8) is 0 Å². The molecule has 2 rings (SSSR count). The molecule has 1 amide bonds. The number of likely N-dealkylation sites (tertiary alicyclic amines) is 1. The molecule has 2 saturated heterocycles. The Morgan fingerprint density at radius 3 is 2.50 bits per heavy atom. The third kappa shape index (κ3) is 4.76. The van der Waals surface area contributed by atoms with Crippen molar-refractivity contribution in [3.05, 3.63) is 0 Å². The van der Waals surface area contributed by atoms with E-state index in [9.17, 15) is 4.79 Å². The Morgan fingerprint density at radius 2 is 1.95 bits per heavy atom. The zero-order valence-corrected chi connectivity index (χ0v) is 14.3. The number of rotatable bonds is 4. The number of carbonyl (C=O) groups excluding carboxylic acids is 1. The summed E-state index contributed by atoms with van der Waals surface area (Å²) in [6.07, 6.45) is 3.36. The van der Waals surface area contributed by atoms with Crippen LogP contribution in [0.3, 0.4) is 0 Å². The van der Waals surface area contributed by atoms with Crippen molar-refractivity contribution in [2.75, 3.05) is 39.3 Å². The van der Waals surface area contributed by atoms with Crippen LogP contribution in [0.2, 0.25) is 0 Å². The van der Waals surface area contributed by atoms with Gasteiger partial charge in [-0.1, -0.05) is 13.8 Å². The lowest BCUT2D eigenvalue weighted by atomic mass is 9.98. The van der Waals surface area contributed by atoms with Crippen molar-refractivity contribution in [2.45, 2.75) is 39.2 Å². The number of piperidine rings is 1. The predicted octanol–water partition coefficient (Wildman–Crippen LogP) is 1.77. The van der Waals surface area contributed by atoms with Crippen LogP contribution in [0.25, 0.3) is 0 Å². The van der Waals surface area contributed by atoms with Crippen LogP contribution in [-0.2, 0) is 4.79 Å². The number of hydrogen-bond acceptors (Lipinski definition) is 3. The van der Waals surface area contributed by atoms with Crippen LogP contribution in [0.15, 0.2) is 0 Å². The first-order chi connectivity index (χ1) is 8.76. The lowest BCUT2D eigenvalue weighted by Crippen LogP contribution is -2.44. The number of amides is 1. The number of nitrogens with zero attached hydrogens (tertiary/aromatic N) is 2. The minimum absolute atomic E-state index is 0. The lowest BCUT2D eigenvalue weighted by Gasteiger charge is -2.29. The maximum absolute atomic E-state index is 12.4. The predicted molar refractivity (Wildman–Crippen MR) is 88.0 cm³/mol. The number of halogens is 2. The second-order valence-corrected chi connectivity index (χ2v) is 5.49. The van der Waals surface area contributed by atoms with Crippen molar-refractivity contribution >= 4 is 30.7 Å². The van der Waals surface area contributed by atoms with Gasteiger partial charge in [-0.15, -0.1) is 24.8 Å². The molecule has 20 heavy (non-hydrogen) atoms. The fourth-order valence-electron chi connectivity index (χ4n) is 3.30. The van der Waals surface area contributed by atoms with E-state index in [1.165, 1.54) is 0 Å². The molecule has 0 aromatic heterocycles. The Hall–Kier alpha value is -0.0300. The summed E-state index contributed by atoms with van der Waals surface area (Å²) in [7, 11) is 0. The van der Waals surface area contributed by atoms with Crippen molar-refractivity contribution in [2.24, 2.45) is 5.92 Å². The molecule has 0 aromatic rings. The van der Waals surface area contributed by atoms with Crippen LogP contribution in [-0.4, -0.2) is 61.0 Å². The molecule has 2 aliphatic heterocycles. The maximum Gasteiger partial charge on any atom is 0.227 e. The monoisotopic (exact) mass is 325 g/mol. The standard InChI is InChI=1S/C14H27N3O.2ClH/c1-3-16(4-2)13-7-9-17(11-13)14(18)12-6-5-8-15-10-12;;/h12-13,15H,3-11H2,1-2H3;2*1H/t12-,13?;;/m1../s1. The maximum atomic E-state index is 12.4. The van der Waals surface area contributed by atoms with E-state index in [1.807, 2.05) is 0 Å². The number of carbonyl (C=O) groups is 1. The molecule has 2 fully saturated rings. The van der Waals surface area contributed by atoms with Gasteiger partial charge in [-0.3, -0.25) is 9.69 Å². The average Bonchev–Trinajstić information content (AvgIpc) is 2.90. The van der Waals surface area contributed by atoms with Crippen LogP contribution in [0.5, 0.6) is 0 Å². The molecule has 1 N–H and O–H groups in total. The lowest BCUT2D eigenvalue weighted by molar-refractivity contribution is -0.135. The van der Waals surface area contributed by atoms with Crippen LogP contribution in [0, 0.1) is 5.92 Å². The quantitative estimate of drug-likeness (QED) is 0.855. The molecule has 6 heteroatoms. The number of nitrogens with one attached hydrogen (secondary N) is 1. The SMILES string of the molecule is CCN(CC)C1CCN(C(=O)[C@@H]2CCCNC2)C1.Cl.Cl. The zero-order chi connectivity index (χ0) is 13.0. The van der Waals surface area contributed by atoms with Gasteiger partial charge in [-0.05, 0) is 38.9 Å². The highest BCUT2D eigenvalue weighted by Crippen LogP contribution is 2.20. The van der Waals surface area contributed by atoms with Gasteiger partial charge in [0.1, 0.15) is 0 Å². The Balaban J connectivity index is 0.00000180. The third-order valence-corrected chi connectivity index (χ3v) is 4.45. The fraction of sp³-hybridized carbons (Fsp3) is 0.929. The molecule has 0 radical (unpaired) electrons. The summed E-state index contributed by atoms with van der Waals surface area (Å²) in [6.45, 7) is 10.4. The molecular formula is C14H29Cl2N3O. The summed E-state index contributed by atoms with van der Waals surface area (Å²) in [5, 5.41) is 3.34. The van der Waals surface area contributed by atoms with E-state index < -0.39 is 0 Å². The van der Waals surface area contributed by atoms with Crippen molar-refractivity contribution in [1.29, 1.82) is 0 Å². The van der Waals surface area contributed by atoms with E-state index >= 15 is 0 Å².